The van der Waals surface area contributed by atoms with Crippen LogP contribution in [0.15, 0.2) is 41.0 Å². The van der Waals surface area contributed by atoms with Crippen molar-refractivity contribution in [1.29, 1.82) is 0 Å². The van der Waals surface area contributed by atoms with Crippen molar-refractivity contribution in [2.75, 3.05) is 26.2 Å². The van der Waals surface area contributed by atoms with Crippen molar-refractivity contribution >= 4 is 45.4 Å². The van der Waals surface area contributed by atoms with Gasteiger partial charge in [0.1, 0.15) is 0 Å². The number of nitrogens with zero attached hydrogens (tertiary/aromatic N) is 4. The van der Waals surface area contributed by atoms with E-state index in [2.05, 4.69) is 21.0 Å². The zero-order valence-corrected chi connectivity index (χ0v) is 16.6. The van der Waals surface area contributed by atoms with Crippen molar-refractivity contribution in [1.82, 2.24) is 19.6 Å². The molecule has 0 saturated carbocycles. The number of carbonyl (C=O) groups is 2. The Hall–Kier alpha value is -2.12. The predicted octanol–water partition coefficient (Wildman–Crippen LogP) is 2.83. The molecular weight excluding hydrogens is 420 g/mol. The molecule has 1 aliphatic rings. The fourth-order valence-corrected chi connectivity index (χ4v) is 3.40. The molecule has 26 heavy (non-hydrogen) atoms. The van der Waals surface area contributed by atoms with Crippen molar-refractivity contribution in [2.24, 2.45) is 7.05 Å². The average Bonchev–Trinajstić information content (AvgIpc) is 2.98. The van der Waals surface area contributed by atoms with E-state index in [1.54, 1.807) is 52.0 Å². The lowest BCUT2D eigenvalue weighted by Gasteiger charge is -2.34. The molecule has 1 aliphatic heterocycles. The molecule has 0 spiro atoms. The maximum Gasteiger partial charge on any atom is 0.275 e. The van der Waals surface area contributed by atoms with Crippen LogP contribution in [0.2, 0.25) is 5.02 Å². The molecule has 0 bridgehead atoms. The molecule has 1 saturated heterocycles. The first kappa shape index (κ1) is 18.7. The van der Waals surface area contributed by atoms with Gasteiger partial charge in [0.15, 0.2) is 5.69 Å². The number of piperazine rings is 1. The number of halogens is 2. The summed E-state index contributed by atoms with van der Waals surface area (Å²) < 4.78 is 2.27. The smallest absolute Gasteiger partial charge is 0.275 e. The number of hydrogen-bond donors (Lipinski definition) is 0. The summed E-state index contributed by atoms with van der Waals surface area (Å²) in [6, 6.07) is 7.28. The van der Waals surface area contributed by atoms with Gasteiger partial charge in [-0.1, -0.05) is 23.7 Å². The minimum Gasteiger partial charge on any atom is -0.336 e. The van der Waals surface area contributed by atoms with E-state index in [0.717, 1.165) is 5.56 Å². The molecule has 3 rings (SSSR count). The highest BCUT2D eigenvalue weighted by molar-refractivity contribution is 9.10. The largest absolute Gasteiger partial charge is 0.336 e. The van der Waals surface area contributed by atoms with Crippen LogP contribution in [0.4, 0.5) is 0 Å². The van der Waals surface area contributed by atoms with Gasteiger partial charge in [0.25, 0.3) is 5.91 Å². The Morgan fingerprint density at radius 1 is 1.12 bits per heavy atom. The highest BCUT2D eigenvalue weighted by Gasteiger charge is 2.26. The predicted molar refractivity (Wildman–Crippen MR) is 104 cm³/mol. The number of hydrogen-bond acceptors (Lipinski definition) is 3. The third-order valence-corrected chi connectivity index (χ3v) is 4.99. The summed E-state index contributed by atoms with van der Waals surface area (Å²) >= 11 is 9.20. The first-order chi connectivity index (χ1) is 12.4. The summed E-state index contributed by atoms with van der Waals surface area (Å²) in [6.07, 6.45) is 5.06. The van der Waals surface area contributed by atoms with Crippen LogP contribution in [0.25, 0.3) is 6.08 Å². The van der Waals surface area contributed by atoms with Gasteiger partial charge in [0.05, 0.1) is 4.47 Å². The SMILES string of the molecule is Cn1cc(Br)c(C(=O)N2CCN(C(=O)C=Cc3ccc(Cl)cc3)CC2)n1. The summed E-state index contributed by atoms with van der Waals surface area (Å²) in [6.45, 7) is 1.98. The molecule has 1 aromatic heterocycles. The molecule has 2 aromatic rings. The van der Waals surface area contributed by atoms with Crippen LogP contribution in [0, 0.1) is 0 Å². The average molecular weight is 438 g/mol. The minimum atomic E-state index is -0.124. The van der Waals surface area contributed by atoms with Gasteiger partial charge in [-0.3, -0.25) is 14.3 Å². The monoisotopic (exact) mass is 436 g/mol. The maximum absolute atomic E-state index is 12.5. The van der Waals surface area contributed by atoms with Crippen LogP contribution >= 0.6 is 27.5 Å². The van der Waals surface area contributed by atoms with Crippen molar-refractivity contribution in [2.45, 2.75) is 0 Å². The molecule has 1 aromatic carbocycles. The quantitative estimate of drug-likeness (QED) is 0.694. The second kappa shape index (κ2) is 8.05. The van der Waals surface area contributed by atoms with Gasteiger partial charge in [-0.2, -0.15) is 5.10 Å². The second-order valence-electron chi connectivity index (χ2n) is 6.00. The van der Waals surface area contributed by atoms with Gasteiger partial charge >= 0.3 is 0 Å². The van der Waals surface area contributed by atoms with E-state index in [-0.39, 0.29) is 11.8 Å². The zero-order valence-electron chi connectivity index (χ0n) is 14.2. The molecule has 2 heterocycles. The lowest BCUT2D eigenvalue weighted by atomic mass is 10.2. The fourth-order valence-electron chi connectivity index (χ4n) is 2.73. The summed E-state index contributed by atoms with van der Waals surface area (Å²) in [5.74, 6) is -0.188. The number of benzene rings is 1. The van der Waals surface area contributed by atoms with E-state index in [1.807, 2.05) is 12.1 Å². The summed E-state index contributed by atoms with van der Waals surface area (Å²) in [7, 11) is 1.77. The van der Waals surface area contributed by atoms with Crippen LogP contribution in [-0.4, -0.2) is 57.6 Å². The first-order valence-corrected chi connectivity index (χ1v) is 9.32. The molecule has 1 fully saturated rings. The van der Waals surface area contributed by atoms with Crippen LogP contribution in [0.5, 0.6) is 0 Å². The topological polar surface area (TPSA) is 58.4 Å². The van der Waals surface area contributed by atoms with Crippen molar-refractivity contribution < 1.29 is 9.59 Å². The van der Waals surface area contributed by atoms with Crippen molar-refractivity contribution in [3.05, 3.63) is 57.3 Å². The van der Waals surface area contributed by atoms with E-state index >= 15 is 0 Å². The highest BCUT2D eigenvalue weighted by Crippen LogP contribution is 2.17. The third kappa shape index (κ3) is 4.34. The normalized spacial score (nSPS) is 14.9. The second-order valence-corrected chi connectivity index (χ2v) is 7.29. The Balaban J connectivity index is 1.56. The molecule has 0 radical (unpaired) electrons. The Morgan fingerprint density at radius 2 is 1.73 bits per heavy atom. The van der Waals surface area contributed by atoms with Crippen LogP contribution in [0.1, 0.15) is 16.1 Å². The molecule has 0 unspecified atom stereocenters. The molecule has 136 valence electrons. The van der Waals surface area contributed by atoms with Gasteiger partial charge < -0.3 is 9.80 Å². The van der Waals surface area contributed by atoms with Crippen LogP contribution in [0.3, 0.4) is 0 Å². The molecule has 8 heteroatoms. The Labute approximate surface area is 165 Å². The van der Waals surface area contributed by atoms with E-state index in [9.17, 15) is 9.59 Å². The maximum atomic E-state index is 12.5. The van der Waals surface area contributed by atoms with Gasteiger partial charge in [-0.15, -0.1) is 0 Å². The molecule has 0 atom stereocenters. The molecule has 6 nitrogen and oxygen atoms in total. The van der Waals surface area contributed by atoms with E-state index < -0.39 is 0 Å². The third-order valence-electron chi connectivity index (χ3n) is 4.15. The lowest BCUT2D eigenvalue weighted by molar-refractivity contribution is -0.127. The van der Waals surface area contributed by atoms with Crippen LogP contribution in [-0.2, 0) is 11.8 Å². The molecule has 0 aliphatic carbocycles. The van der Waals surface area contributed by atoms with Gasteiger partial charge in [-0.25, -0.2) is 0 Å². The Kier molecular flexibility index (Phi) is 5.78. The number of rotatable bonds is 3. The van der Waals surface area contributed by atoms with E-state index in [1.165, 1.54) is 0 Å². The van der Waals surface area contributed by atoms with Gasteiger partial charge in [-0.05, 0) is 39.7 Å². The van der Waals surface area contributed by atoms with Crippen LogP contribution < -0.4 is 0 Å². The molecule has 0 N–H and O–H groups in total. The number of amides is 2. The number of aromatic nitrogens is 2. The standard InChI is InChI=1S/C18H18BrClN4O2/c1-22-12-15(19)17(21-22)18(26)24-10-8-23(9-11-24)16(25)7-4-13-2-5-14(20)6-3-13/h2-7,12H,8-11H2,1H3. The van der Waals surface area contributed by atoms with E-state index in [4.69, 9.17) is 11.6 Å². The first-order valence-electron chi connectivity index (χ1n) is 8.15. The summed E-state index contributed by atoms with van der Waals surface area (Å²) in [5, 5.41) is 4.85. The Bertz CT molecular complexity index is 839. The fraction of sp³-hybridized carbons (Fsp3) is 0.278. The zero-order chi connectivity index (χ0) is 18.7. The molecular formula is C18H18BrClN4O2. The highest BCUT2D eigenvalue weighted by atomic mass is 79.9. The van der Waals surface area contributed by atoms with Crippen molar-refractivity contribution in [3.63, 3.8) is 0 Å². The van der Waals surface area contributed by atoms with E-state index in [0.29, 0.717) is 41.4 Å². The number of aryl methyl sites for hydroxylation is 1. The summed E-state index contributed by atoms with van der Waals surface area (Å²) in [5.41, 5.74) is 1.31. The van der Waals surface area contributed by atoms with Gasteiger partial charge in [0.2, 0.25) is 5.91 Å². The number of carbonyl (C=O) groups excluding carboxylic acids is 2. The lowest BCUT2D eigenvalue weighted by Crippen LogP contribution is -2.50. The Morgan fingerprint density at radius 3 is 2.31 bits per heavy atom. The molecule has 2 amide bonds. The van der Waals surface area contributed by atoms with Crippen molar-refractivity contribution in [3.8, 4) is 0 Å². The summed E-state index contributed by atoms with van der Waals surface area (Å²) in [4.78, 5) is 28.3. The minimum absolute atomic E-state index is 0.0638. The van der Waals surface area contributed by atoms with Gasteiger partial charge in [0, 0.05) is 50.5 Å².